The van der Waals surface area contributed by atoms with Gasteiger partial charge in [-0.15, -0.1) is 0 Å². The van der Waals surface area contributed by atoms with Crippen molar-refractivity contribution in [3.63, 3.8) is 0 Å². The SMILES string of the molecule is CCOC.CCOC(=O)CCN(CCNO)CCC(=O)OC.COC(=O)CCN(CCC=O)CCOCCC1NC(=O)C(CCO)NC1=O.NC=O.[Y]. The number of rotatable bonds is 25. The summed E-state index contributed by atoms with van der Waals surface area (Å²) in [7, 11) is 4.34. The van der Waals surface area contributed by atoms with Crippen molar-refractivity contribution in [2.24, 2.45) is 5.73 Å². The first-order valence-corrected chi connectivity index (χ1v) is 17.0. The second kappa shape index (κ2) is 42.1. The van der Waals surface area contributed by atoms with Gasteiger partial charge in [0.05, 0.1) is 46.7 Å². The zero-order valence-electron chi connectivity index (χ0n) is 31.9. The van der Waals surface area contributed by atoms with Gasteiger partial charge in [0.2, 0.25) is 18.2 Å². The van der Waals surface area contributed by atoms with Crippen LogP contribution < -0.4 is 21.8 Å². The third-order valence-corrected chi connectivity index (χ3v) is 6.84. The number of amides is 3. The van der Waals surface area contributed by atoms with Gasteiger partial charge < -0.3 is 65.0 Å². The summed E-state index contributed by atoms with van der Waals surface area (Å²) >= 11 is 0. The quantitative estimate of drug-likeness (QED) is 0.0186. The number of primary amides is 1. The van der Waals surface area contributed by atoms with Crippen LogP contribution in [0.2, 0.25) is 0 Å². The molecule has 1 aliphatic rings. The van der Waals surface area contributed by atoms with Crippen molar-refractivity contribution < 1.29 is 100 Å². The topological polar surface area (TPSA) is 275 Å². The Kier molecular flexibility index (Phi) is 45.3. The number of piperazine rings is 1. The molecule has 307 valence electrons. The number of hydrogen-bond donors (Lipinski definition) is 6. The van der Waals surface area contributed by atoms with Crippen LogP contribution >= 0.6 is 0 Å². The van der Waals surface area contributed by atoms with Gasteiger partial charge in [-0.25, -0.2) is 5.48 Å². The molecule has 1 aliphatic heterocycles. The van der Waals surface area contributed by atoms with Crippen LogP contribution in [-0.2, 0) is 90.0 Å². The Balaban J connectivity index is -0.000000398. The van der Waals surface area contributed by atoms with E-state index in [2.05, 4.69) is 30.6 Å². The number of methoxy groups -OCH3 is 3. The molecule has 0 aromatic carbocycles. The summed E-state index contributed by atoms with van der Waals surface area (Å²) in [6.45, 7) is 8.75. The molecule has 0 aromatic heterocycles. The van der Waals surface area contributed by atoms with Crippen LogP contribution in [0.25, 0.3) is 0 Å². The predicted molar refractivity (Wildman–Crippen MR) is 187 cm³/mol. The number of hydroxylamine groups is 1. The van der Waals surface area contributed by atoms with E-state index in [1.807, 2.05) is 22.2 Å². The van der Waals surface area contributed by atoms with Crippen LogP contribution in [-0.4, -0.2) is 175 Å². The molecule has 0 spiro atoms. The number of nitrogens with two attached hydrogens (primary N) is 1. The zero-order chi connectivity index (χ0) is 40.0. The summed E-state index contributed by atoms with van der Waals surface area (Å²) in [5.74, 6) is -1.48. The number of aldehydes is 1. The second-order valence-corrected chi connectivity index (χ2v) is 10.5. The van der Waals surface area contributed by atoms with Crippen LogP contribution in [0, 0.1) is 0 Å². The maximum absolute atomic E-state index is 11.9. The molecule has 21 heteroatoms. The largest absolute Gasteiger partial charge is 0.469 e. The third kappa shape index (κ3) is 36.1. The van der Waals surface area contributed by atoms with Gasteiger partial charge in [0, 0.05) is 112 Å². The van der Waals surface area contributed by atoms with E-state index >= 15 is 0 Å². The number of aliphatic hydroxyl groups is 1. The molecule has 1 fully saturated rings. The number of ether oxygens (including phenoxy) is 5. The molecule has 3 amide bonds. The molecule has 20 nitrogen and oxygen atoms in total. The van der Waals surface area contributed by atoms with Crippen molar-refractivity contribution in [2.45, 2.75) is 64.5 Å². The molecule has 1 saturated heterocycles. The first kappa shape index (κ1) is 57.0. The number of hydrogen-bond acceptors (Lipinski definition) is 17. The minimum atomic E-state index is -0.694. The monoisotopic (exact) mass is 843 g/mol. The van der Waals surface area contributed by atoms with Crippen molar-refractivity contribution in [3.05, 3.63) is 0 Å². The fourth-order valence-electron chi connectivity index (χ4n) is 4.01. The van der Waals surface area contributed by atoms with E-state index in [4.69, 9.17) is 24.6 Å². The van der Waals surface area contributed by atoms with Crippen molar-refractivity contribution in [1.82, 2.24) is 25.9 Å². The fraction of sp³-hybridized carbons (Fsp3) is 0.781. The molecule has 0 bridgehead atoms. The van der Waals surface area contributed by atoms with Crippen molar-refractivity contribution in [1.29, 1.82) is 0 Å². The molecule has 0 aliphatic carbocycles. The maximum atomic E-state index is 11.9. The van der Waals surface area contributed by atoms with Crippen LogP contribution in [0.4, 0.5) is 0 Å². The molecule has 1 rings (SSSR count). The predicted octanol–water partition coefficient (Wildman–Crippen LogP) is -2.25. The average molecular weight is 844 g/mol. The molecule has 53 heavy (non-hydrogen) atoms. The number of carbonyl (C=O) groups excluding carboxylic acids is 7. The number of carbonyl (C=O) groups is 7. The molecule has 2 atom stereocenters. The van der Waals surface area contributed by atoms with Crippen LogP contribution in [0.5, 0.6) is 0 Å². The van der Waals surface area contributed by atoms with Gasteiger partial charge >= 0.3 is 17.9 Å². The molecular formula is C32H62N6O14Y. The van der Waals surface area contributed by atoms with Crippen LogP contribution in [0.3, 0.4) is 0 Å². The van der Waals surface area contributed by atoms with Crippen molar-refractivity contribution in [2.75, 3.05) is 100 Å². The molecule has 1 radical (unpaired) electrons. The minimum absolute atomic E-state index is 0. The molecule has 2 unspecified atom stereocenters. The summed E-state index contributed by atoms with van der Waals surface area (Å²) in [5.41, 5.74) is 6.21. The Labute approximate surface area is 337 Å². The van der Waals surface area contributed by atoms with E-state index in [9.17, 15) is 28.8 Å². The van der Waals surface area contributed by atoms with Gasteiger partial charge in [-0.05, 0) is 26.7 Å². The van der Waals surface area contributed by atoms with Crippen molar-refractivity contribution in [3.8, 4) is 0 Å². The zero-order valence-corrected chi connectivity index (χ0v) is 34.7. The summed E-state index contributed by atoms with van der Waals surface area (Å²) in [4.78, 5) is 80.2. The van der Waals surface area contributed by atoms with Gasteiger partial charge in [-0.2, -0.15) is 0 Å². The standard InChI is InChI=1S/C17H29N3O7.C11H22N2O5.C3H8O.CH3NO.Y/c1-26-15(23)3-7-20(6-2-9-21)8-12-27-11-5-14-17(25)18-13(4-10-22)16(24)19-14;1-3-18-11(15)5-8-13(9-6-12-16)7-4-10(14)17-2;1-3-4-2;2-1-3;/h9,13-14,22H,2-8,10-12H2,1H3,(H,18,25)(H,19,24);12,16H,3-9H2,1-2H3;3H2,1-2H3;1H,(H2,2,3);. The summed E-state index contributed by atoms with van der Waals surface area (Å²) in [6, 6.07) is -1.35. The summed E-state index contributed by atoms with van der Waals surface area (Å²) in [6.07, 6.45) is 2.71. The van der Waals surface area contributed by atoms with Crippen molar-refractivity contribution >= 4 is 42.4 Å². The Morgan fingerprint density at radius 2 is 1.26 bits per heavy atom. The number of esters is 3. The summed E-state index contributed by atoms with van der Waals surface area (Å²) < 4.78 is 24.0. The first-order chi connectivity index (χ1) is 25.0. The molecule has 7 N–H and O–H groups in total. The number of aliphatic hydroxyl groups excluding tert-OH is 1. The van der Waals surface area contributed by atoms with E-state index in [-0.39, 0.29) is 108 Å². The number of nitrogens with one attached hydrogen (secondary N) is 3. The summed E-state index contributed by atoms with van der Waals surface area (Å²) in [5, 5.41) is 22.6. The number of nitrogens with zero attached hydrogens (tertiary/aromatic N) is 2. The Bertz CT molecular complexity index is 968. The van der Waals surface area contributed by atoms with E-state index in [0.29, 0.717) is 71.9 Å². The normalized spacial score (nSPS) is 14.3. The fourth-order valence-corrected chi connectivity index (χ4v) is 4.01. The molecule has 0 saturated carbocycles. The average Bonchev–Trinajstić information content (AvgIpc) is 3.14. The Morgan fingerprint density at radius 3 is 1.68 bits per heavy atom. The van der Waals surface area contributed by atoms with E-state index < -0.39 is 12.1 Å². The molecular weight excluding hydrogens is 781 g/mol. The second-order valence-electron chi connectivity index (χ2n) is 10.5. The molecule has 0 aromatic rings. The van der Waals surface area contributed by atoms with E-state index in [0.717, 1.165) is 12.9 Å². The van der Waals surface area contributed by atoms with E-state index in [1.165, 1.54) is 14.2 Å². The van der Waals surface area contributed by atoms with Gasteiger partial charge in [0.15, 0.2) is 0 Å². The van der Waals surface area contributed by atoms with Gasteiger partial charge in [-0.3, -0.25) is 28.8 Å². The van der Waals surface area contributed by atoms with Gasteiger partial charge in [-0.1, -0.05) is 0 Å². The maximum Gasteiger partial charge on any atom is 0.307 e. The van der Waals surface area contributed by atoms with Gasteiger partial charge in [0.1, 0.15) is 18.4 Å². The Hall–Kier alpha value is -2.69. The minimum Gasteiger partial charge on any atom is -0.469 e. The first-order valence-electron chi connectivity index (χ1n) is 17.0. The Morgan fingerprint density at radius 1 is 0.792 bits per heavy atom. The molecule has 1 heterocycles. The smallest absolute Gasteiger partial charge is 0.307 e. The van der Waals surface area contributed by atoms with Crippen LogP contribution in [0.1, 0.15) is 52.4 Å². The van der Waals surface area contributed by atoms with Gasteiger partial charge in [0.25, 0.3) is 0 Å². The van der Waals surface area contributed by atoms with Crippen LogP contribution in [0.15, 0.2) is 0 Å². The third-order valence-electron chi connectivity index (χ3n) is 6.84. The van der Waals surface area contributed by atoms with E-state index in [1.54, 1.807) is 14.0 Å².